The Morgan fingerprint density at radius 1 is 0.383 bits per heavy atom. The van der Waals surface area contributed by atoms with Crippen LogP contribution in [0.3, 0.4) is 0 Å². The maximum Gasteiger partial charge on any atom is 0.306 e. The minimum atomic E-state index is -0.567. The third-order valence-corrected chi connectivity index (χ3v) is 10.1. The molecule has 60 heavy (non-hydrogen) atoms. The van der Waals surface area contributed by atoms with Crippen molar-refractivity contribution in [2.24, 2.45) is 0 Å². The van der Waals surface area contributed by atoms with Crippen LogP contribution in [0, 0.1) is 0 Å². The zero-order valence-electron chi connectivity index (χ0n) is 39.2. The van der Waals surface area contributed by atoms with Crippen molar-refractivity contribution in [1.29, 1.82) is 0 Å². The molecule has 0 aromatic carbocycles. The third kappa shape index (κ3) is 47.5. The van der Waals surface area contributed by atoms with Crippen LogP contribution in [0.25, 0.3) is 0 Å². The number of ether oxygens (including phenoxy) is 3. The van der Waals surface area contributed by atoms with Crippen molar-refractivity contribution < 1.29 is 23.8 Å². The van der Waals surface area contributed by atoms with Crippen LogP contribution in [0.15, 0.2) is 97.2 Å². The first kappa shape index (κ1) is 56.8. The van der Waals surface area contributed by atoms with E-state index in [1.54, 1.807) is 0 Å². The molecular weight excluding hydrogens is 741 g/mol. The van der Waals surface area contributed by atoms with E-state index in [2.05, 4.69) is 118 Å². The van der Waals surface area contributed by atoms with Crippen molar-refractivity contribution in [3.63, 3.8) is 0 Å². The molecule has 0 bridgehead atoms. The molecule has 0 amide bonds. The number of allylic oxidation sites excluding steroid dienone is 16. The molecule has 0 saturated carbocycles. The zero-order chi connectivity index (χ0) is 43.5. The van der Waals surface area contributed by atoms with E-state index >= 15 is 0 Å². The molecule has 0 radical (unpaired) electrons. The van der Waals surface area contributed by atoms with Crippen LogP contribution >= 0.6 is 0 Å². The molecule has 0 aliphatic heterocycles. The van der Waals surface area contributed by atoms with E-state index in [9.17, 15) is 9.59 Å². The van der Waals surface area contributed by atoms with Crippen LogP contribution in [0.5, 0.6) is 0 Å². The number of unbranched alkanes of at least 4 members (excludes halogenated alkanes) is 17. The van der Waals surface area contributed by atoms with E-state index in [0.29, 0.717) is 19.4 Å². The summed E-state index contributed by atoms with van der Waals surface area (Å²) in [5.74, 6) is -0.457. The number of hydrogen-bond acceptors (Lipinski definition) is 5. The SMILES string of the molecule is CC/C=C\C/C=C\C/C=C\C/C=C\CCCCCCCOCC(COC(=O)CCCCC/C=C\C/C=C\C/C=C\CC)OC(=O)CCCCCCC/C=C\CCCCCC. The summed E-state index contributed by atoms with van der Waals surface area (Å²) in [6.45, 7) is 7.49. The van der Waals surface area contributed by atoms with Gasteiger partial charge in [-0.2, -0.15) is 0 Å². The fraction of sp³-hybridized carbons (Fsp3) is 0.673. The Morgan fingerprint density at radius 3 is 1.23 bits per heavy atom. The summed E-state index contributed by atoms with van der Waals surface area (Å²) >= 11 is 0. The molecule has 5 nitrogen and oxygen atoms in total. The van der Waals surface area contributed by atoms with Crippen LogP contribution in [0.1, 0.15) is 213 Å². The van der Waals surface area contributed by atoms with Gasteiger partial charge in [0.25, 0.3) is 0 Å². The molecule has 1 unspecified atom stereocenters. The standard InChI is InChI=1S/C55H92O5/c1-4-7-10-13-16-19-22-25-26-27-28-29-32-35-38-41-44-47-50-58-51-53(60-55(57)49-46-43-40-37-34-31-24-21-18-15-12-9-6-3)52-59-54(56)48-45-42-39-36-33-30-23-20-17-14-11-8-5-2/h7-8,10-11,16-17,19-21,24-26,28-30,33,53H,4-6,9,12-15,18,22-23,27,31-32,34-52H2,1-3H3/b10-7-,11-8-,19-16-,20-17-,24-21-,26-25-,29-28-,33-30-. The van der Waals surface area contributed by atoms with Crippen LogP contribution < -0.4 is 0 Å². The summed E-state index contributed by atoms with van der Waals surface area (Å²) in [6, 6.07) is 0. The molecule has 1 atom stereocenters. The first-order valence-corrected chi connectivity index (χ1v) is 24.8. The van der Waals surface area contributed by atoms with Gasteiger partial charge in [0, 0.05) is 19.4 Å². The predicted octanol–water partition coefficient (Wildman–Crippen LogP) is 16.7. The maximum atomic E-state index is 12.8. The summed E-state index contributed by atoms with van der Waals surface area (Å²) in [6.07, 6.45) is 67.0. The van der Waals surface area contributed by atoms with E-state index < -0.39 is 6.10 Å². The Morgan fingerprint density at radius 2 is 0.750 bits per heavy atom. The lowest BCUT2D eigenvalue weighted by Gasteiger charge is -2.18. The second-order valence-electron chi connectivity index (χ2n) is 15.9. The lowest BCUT2D eigenvalue weighted by atomic mass is 10.1. The Labute approximate surface area is 371 Å². The number of esters is 2. The molecule has 0 fully saturated rings. The van der Waals surface area contributed by atoms with Gasteiger partial charge in [0.2, 0.25) is 0 Å². The van der Waals surface area contributed by atoms with Gasteiger partial charge in [0.1, 0.15) is 6.61 Å². The van der Waals surface area contributed by atoms with Gasteiger partial charge in [0.15, 0.2) is 6.10 Å². The van der Waals surface area contributed by atoms with Crippen molar-refractivity contribution in [1.82, 2.24) is 0 Å². The van der Waals surface area contributed by atoms with Crippen LogP contribution in [-0.4, -0.2) is 37.9 Å². The first-order valence-electron chi connectivity index (χ1n) is 24.8. The Balaban J connectivity index is 4.36. The van der Waals surface area contributed by atoms with Gasteiger partial charge in [-0.3, -0.25) is 9.59 Å². The van der Waals surface area contributed by atoms with Crippen molar-refractivity contribution in [2.45, 2.75) is 219 Å². The fourth-order valence-corrected chi connectivity index (χ4v) is 6.45. The van der Waals surface area contributed by atoms with Crippen molar-refractivity contribution >= 4 is 11.9 Å². The lowest BCUT2D eigenvalue weighted by Crippen LogP contribution is -2.30. The molecule has 0 aromatic rings. The summed E-state index contributed by atoms with van der Waals surface area (Å²) in [7, 11) is 0. The molecule has 0 spiro atoms. The van der Waals surface area contributed by atoms with Crippen LogP contribution in [0.4, 0.5) is 0 Å². The largest absolute Gasteiger partial charge is 0.462 e. The first-order chi connectivity index (χ1) is 29.6. The number of rotatable bonds is 44. The normalized spacial score (nSPS) is 13.1. The van der Waals surface area contributed by atoms with Crippen LogP contribution in [-0.2, 0) is 23.8 Å². The van der Waals surface area contributed by atoms with Crippen molar-refractivity contribution in [2.75, 3.05) is 19.8 Å². The molecule has 0 heterocycles. The van der Waals surface area contributed by atoms with Gasteiger partial charge in [0.05, 0.1) is 6.61 Å². The van der Waals surface area contributed by atoms with Gasteiger partial charge < -0.3 is 14.2 Å². The topological polar surface area (TPSA) is 61.8 Å². The van der Waals surface area contributed by atoms with E-state index in [1.807, 2.05) is 0 Å². The Bertz CT molecular complexity index is 1170. The molecule has 342 valence electrons. The number of carbonyl (C=O) groups excluding carboxylic acids is 2. The predicted molar refractivity (Wildman–Crippen MR) is 260 cm³/mol. The molecule has 0 rings (SSSR count). The van der Waals surface area contributed by atoms with Gasteiger partial charge >= 0.3 is 11.9 Å². The second-order valence-corrected chi connectivity index (χ2v) is 15.9. The summed E-state index contributed by atoms with van der Waals surface area (Å²) < 4.78 is 17.3. The minimum Gasteiger partial charge on any atom is -0.462 e. The lowest BCUT2D eigenvalue weighted by molar-refractivity contribution is -0.163. The van der Waals surface area contributed by atoms with Crippen molar-refractivity contribution in [3.05, 3.63) is 97.2 Å². The third-order valence-electron chi connectivity index (χ3n) is 10.1. The van der Waals surface area contributed by atoms with Gasteiger partial charge in [-0.1, -0.05) is 182 Å². The highest BCUT2D eigenvalue weighted by atomic mass is 16.6. The van der Waals surface area contributed by atoms with Gasteiger partial charge in [-0.15, -0.1) is 0 Å². The van der Waals surface area contributed by atoms with Crippen molar-refractivity contribution in [3.8, 4) is 0 Å². The summed E-state index contributed by atoms with van der Waals surface area (Å²) in [5, 5.41) is 0. The average molecular weight is 833 g/mol. The molecule has 0 aliphatic rings. The summed E-state index contributed by atoms with van der Waals surface area (Å²) in [5.41, 5.74) is 0. The molecule has 0 aliphatic carbocycles. The molecule has 0 aromatic heterocycles. The molecule has 0 N–H and O–H groups in total. The van der Waals surface area contributed by atoms with Crippen LogP contribution in [0.2, 0.25) is 0 Å². The molecule has 5 heteroatoms. The highest BCUT2D eigenvalue weighted by Gasteiger charge is 2.17. The smallest absolute Gasteiger partial charge is 0.306 e. The highest BCUT2D eigenvalue weighted by Crippen LogP contribution is 2.12. The zero-order valence-corrected chi connectivity index (χ0v) is 39.2. The van der Waals surface area contributed by atoms with E-state index in [0.717, 1.165) is 116 Å². The maximum absolute atomic E-state index is 12.8. The van der Waals surface area contributed by atoms with E-state index in [1.165, 1.54) is 64.2 Å². The van der Waals surface area contributed by atoms with Gasteiger partial charge in [-0.25, -0.2) is 0 Å². The van der Waals surface area contributed by atoms with E-state index in [-0.39, 0.29) is 25.2 Å². The van der Waals surface area contributed by atoms with E-state index in [4.69, 9.17) is 14.2 Å². The number of hydrogen-bond donors (Lipinski definition) is 0. The monoisotopic (exact) mass is 833 g/mol. The highest BCUT2D eigenvalue weighted by molar-refractivity contribution is 5.70. The van der Waals surface area contributed by atoms with Gasteiger partial charge in [-0.05, 0) is 116 Å². The number of carbonyl (C=O) groups is 2. The summed E-state index contributed by atoms with van der Waals surface area (Å²) in [4.78, 5) is 25.3. The second kappa shape index (κ2) is 50.2. The Kier molecular flexibility index (Phi) is 47.5. The Hall–Kier alpha value is -3.18. The average Bonchev–Trinajstić information content (AvgIpc) is 3.25. The minimum absolute atomic E-state index is 0.0541. The quantitative estimate of drug-likeness (QED) is 0.0348. The molecule has 0 saturated heterocycles. The fourth-order valence-electron chi connectivity index (χ4n) is 6.45. The molecular formula is C55H92O5.